The third-order valence-corrected chi connectivity index (χ3v) is 3.08. The Morgan fingerprint density at radius 1 is 1.39 bits per heavy atom. The number of carbonyl (C=O) groups excluding carboxylic acids is 1. The van der Waals surface area contributed by atoms with Crippen LogP contribution in [-0.4, -0.2) is 33.6 Å². The van der Waals surface area contributed by atoms with Crippen molar-refractivity contribution in [2.75, 3.05) is 6.54 Å². The van der Waals surface area contributed by atoms with Crippen LogP contribution in [-0.2, 0) is 11.3 Å². The highest BCUT2D eigenvalue weighted by Crippen LogP contribution is 2.25. The Hall–Kier alpha value is -1.95. The number of benzene rings is 1. The fourth-order valence-electron chi connectivity index (χ4n) is 2.16. The lowest BCUT2D eigenvalue weighted by Crippen LogP contribution is -2.36. The van der Waals surface area contributed by atoms with E-state index in [-0.39, 0.29) is 25.4 Å². The summed E-state index contributed by atoms with van der Waals surface area (Å²) in [6.45, 7) is -0.0900. The molecule has 96 valence electrons. The van der Waals surface area contributed by atoms with Crippen molar-refractivity contribution in [3.63, 3.8) is 0 Å². The number of amides is 1. The summed E-state index contributed by atoms with van der Waals surface area (Å²) in [6, 6.07) is 9.25. The summed E-state index contributed by atoms with van der Waals surface area (Å²) in [4.78, 5) is 23.0. The Morgan fingerprint density at radius 3 is 2.67 bits per heavy atom. The quantitative estimate of drug-likeness (QED) is 0.627. The highest BCUT2D eigenvalue weighted by molar-refractivity contribution is 5.79. The summed E-state index contributed by atoms with van der Waals surface area (Å²) >= 11 is 0. The number of likely N-dealkylation sites (tertiary alicyclic amines) is 1. The third-order valence-electron chi connectivity index (χ3n) is 3.08. The van der Waals surface area contributed by atoms with Gasteiger partial charge in [0, 0.05) is 17.9 Å². The molecule has 0 radical (unpaired) electrons. The molecule has 2 rings (SSSR count). The fourth-order valence-corrected chi connectivity index (χ4v) is 2.16. The summed E-state index contributed by atoms with van der Waals surface area (Å²) in [5.74, 6) is -0.852. The van der Waals surface area contributed by atoms with Crippen LogP contribution >= 0.6 is 0 Å². The molecule has 18 heavy (non-hydrogen) atoms. The largest absolute Gasteiger partial charge is 0.373 e. The number of hydrogen-bond acceptors (Lipinski definition) is 4. The Balaban J connectivity index is 2.05. The lowest BCUT2D eigenvalue weighted by molar-refractivity contribution is -0.490. The van der Waals surface area contributed by atoms with Crippen molar-refractivity contribution in [3.8, 4) is 0 Å². The highest BCUT2D eigenvalue weighted by Gasteiger charge is 2.41. The van der Waals surface area contributed by atoms with Gasteiger partial charge in [-0.25, -0.2) is 0 Å². The molecule has 6 nitrogen and oxygen atoms in total. The monoisotopic (exact) mass is 250 g/mol. The SMILES string of the molecule is O=C1C[C@@H](C[N+](=O)[O-])[C@H](O)N1Cc1ccccc1. The molecule has 1 heterocycles. The molecule has 1 aromatic carbocycles. The van der Waals surface area contributed by atoms with E-state index in [0.717, 1.165) is 5.56 Å². The summed E-state index contributed by atoms with van der Waals surface area (Å²) in [5, 5.41) is 20.4. The molecule has 1 N–H and O–H groups in total. The van der Waals surface area contributed by atoms with E-state index in [9.17, 15) is 20.0 Å². The third kappa shape index (κ3) is 2.65. The minimum absolute atomic E-state index is 0.0367. The van der Waals surface area contributed by atoms with Gasteiger partial charge in [0.05, 0.1) is 5.92 Å². The standard InChI is InChI=1S/C12H14N2O4/c15-11-6-10(8-14(17)18)12(16)13(11)7-9-4-2-1-3-5-9/h1-5,10,12,16H,6-8H2/t10-,12-/m0/s1. The molecule has 1 aliphatic rings. The Kier molecular flexibility index (Phi) is 3.57. The van der Waals surface area contributed by atoms with Gasteiger partial charge in [-0.3, -0.25) is 14.9 Å². The molecule has 1 amide bonds. The van der Waals surface area contributed by atoms with Crippen LogP contribution in [0.5, 0.6) is 0 Å². The summed E-state index contributed by atoms with van der Waals surface area (Å²) in [5.41, 5.74) is 0.895. The number of carbonyl (C=O) groups is 1. The van der Waals surface area contributed by atoms with Crippen molar-refractivity contribution >= 4 is 5.91 Å². The molecule has 0 aromatic heterocycles. The second-order valence-electron chi connectivity index (χ2n) is 4.40. The second-order valence-corrected chi connectivity index (χ2v) is 4.40. The Bertz CT molecular complexity index is 449. The number of rotatable bonds is 4. The minimum Gasteiger partial charge on any atom is -0.373 e. The summed E-state index contributed by atoms with van der Waals surface area (Å²) in [6.07, 6.45) is -1.03. The summed E-state index contributed by atoms with van der Waals surface area (Å²) in [7, 11) is 0. The highest BCUT2D eigenvalue weighted by atomic mass is 16.6. The minimum atomic E-state index is -1.07. The van der Waals surface area contributed by atoms with Gasteiger partial charge in [-0.05, 0) is 5.56 Å². The number of aliphatic hydroxyl groups excluding tert-OH is 1. The number of hydrogen-bond donors (Lipinski definition) is 1. The van der Waals surface area contributed by atoms with Gasteiger partial charge in [0.1, 0.15) is 6.23 Å². The van der Waals surface area contributed by atoms with Gasteiger partial charge in [-0.1, -0.05) is 30.3 Å². The molecule has 1 aromatic rings. The normalized spacial score (nSPS) is 23.4. The smallest absolute Gasteiger partial charge is 0.225 e. The topological polar surface area (TPSA) is 83.7 Å². The van der Waals surface area contributed by atoms with Crippen LogP contribution in [0.25, 0.3) is 0 Å². The van der Waals surface area contributed by atoms with Crippen LogP contribution in [0.1, 0.15) is 12.0 Å². The van der Waals surface area contributed by atoms with Gasteiger partial charge >= 0.3 is 0 Å². The number of aliphatic hydroxyl groups is 1. The lowest BCUT2D eigenvalue weighted by Gasteiger charge is -2.22. The molecule has 0 aliphatic carbocycles. The zero-order valence-electron chi connectivity index (χ0n) is 9.73. The van der Waals surface area contributed by atoms with Crippen LogP contribution < -0.4 is 0 Å². The van der Waals surface area contributed by atoms with Crippen molar-refractivity contribution < 1.29 is 14.8 Å². The van der Waals surface area contributed by atoms with Gasteiger partial charge in [0.25, 0.3) is 0 Å². The first-order valence-electron chi connectivity index (χ1n) is 5.71. The van der Waals surface area contributed by atoms with E-state index in [4.69, 9.17) is 0 Å². The first kappa shape index (κ1) is 12.5. The zero-order chi connectivity index (χ0) is 13.1. The zero-order valence-corrected chi connectivity index (χ0v) is 9.73. The molecule has 1 aliphatic heterocycles. The summed E-state index contributed by atoms with van der Waals surface area (Å²) < 4.78 is 0. The maximum Gasteiger partial charge on any atom is 0.225 e. The molecular formula is C12H14N2O4. The van der Waals surface area contributed by atoms with Crippen LogP contribution in [0.15, 0.2) is 30.3 Å². The van der Waals surface area contributed by atoms with E-state index in [0.29, 0.717) is 0 Å². The van der Waals surface area contributed by atoms with Crippen molar-refractivity contribution in [1.29, 1.82) is 0 Å². The van der Waals surface area contributed by atoms with Crippen molar-refractivity contribution in [3.05, 3.63) is 46.0 Å². The van der Waals surface area contributed by atoms with E-state index in [2.05, 4.69) is 0 Å². The van der Waals surface area contributed by atoms with Gasteiger partial charge in [0.2, 0.25) is 12.5 Å². The molecule has 6 heteroatoms. The first-order chi connectivity index (χ1) is 8.58. The van der Waals surface area contributed by atoms with Crippen molar-refractivity contribution in [1.82, 2.24) is 4.90 Å². The van der Waals surface area contributed by atoms with Crippen LogP contribution in [0.2, 0.25) is 0 Å². The lowest BCUT2D eigenvalue weighted by atomic mass is 10.1. The van der Waals surface area contributed by atoms with E-state index in [1.54, 1.807) is 0 Å². The van der Waals surface area contributed by atoms with Crippen molar-refractivity contribution in [2.45, 2.75) is 19.2 Å². The number of nitro groups is 1. The predicted octanol–water partition coefficient (Wildman–Crippen LogP) is 0.630. The van der Waals surface area contributed by atoms with Gasteiger partial charge in [-0.2, -0.15) is 0 Å². The average Bonchev–Trinajstić information content (AvgIpc) is 2.58. The van der Waals surface area contributed by atoms with Gasteiger partial charge in [0.15, 0.2) is 0 Å². The van der Waals surface area contributed by atoms with E-state index in [1.165, 1.54) is 4.90 Å². The van der Waals surface area contributed by atoms with E-state index >= 15 is 0 Å². The molecule has 0 unspecified atom stereocenters. The van der Waals surface area contributed by atoms with E-state index in [1.807, 2.05) is 30.3 Å². The molecule has 0 spiro atoms. The van der Waals surface area contributed by atoms with Gasteiger partial charge < -0.3 is 10.0 Å². The van der Waals surface area contributed by atoms with E-state index < -0.39 is 17.1 Å². The maximum atomic E-state index is 11.7. The average molecular weight is 250 g/mol. The predicted molar refractivity (Wildman–Crippen MR) is 63.0 cm³/mol. The molecule has 1 saturated heterocycles. The van der Waals surface area contributed by atoms with Gasteiger partial charge in [-0.15, -0.1) is 0 Å². The maximum absolute atomic E-state index is 11.7. The molecular weight excluding hydrogens is 236 g/mol. The Labute approximate surface area is 104 Å². The molecule has 1 fully saturated rings. The molecule has 2 atom stereocenters. The number of nitrogens with zero attached hydrogens (tertiary/aromatic N) is 2. The fraction of sp³-hybridized carbons (Fsp3) is 0.417. The van der Waals surface area contributed by atoms with Crippen LogP contribution in [0.4, 0.5) is 0 Å². The van der Waals surface area contributed by atoms with Crippen molar-refractivity contribution in [2.24, 2.45) is 5.92 Å². The molecule has 0 saturated carbocycles. The van der Waals surface area contributed by atoms with Crippen LogP contribution in [0, 0.1) is 16.0 Å². The second kappa shape index (κ2) is 5.14. The molecule has 0 bridgehead atoms. The van der Waals surface area contributed by atoms with Crippen LogP contribution in [0.3, 0.4) is 0 Å². The first-order valence-corrected chi connectivity index (χ1v) is 5.71. The Morgan fingerprint density at radius 2 is 2.06 bits per heavy atom.